The molecule has 0 fully saturated rings. The van der Waals surface area contributed by atoms with Crippen molar-refractivity contribution in [1.29, 1.82) is 0 Å². The van der Waals surface area contributed by atoms with Crippen molar-refractivity contribution in [1.82, 2.24) is 10.3 Å². The van der Waals surface area contributed by atoms with Crippen molar-refractivity contribution in [2.24, 2.45) is 0 Å². The summed E-state index contributed by atoms with van der Waals surface area (Å²) in [5.41, 5.74) is 1.76. The number of anilines is 1. The first-order chi connectivity index (χ1) is 8.79. The van der Waals surface area contributed by atoms with E-state index in [0.29, 0.717) is 6.42 Å². The van der Waals surface area contributed by atoms with E-state index in [1.54, 1.807) is 6.20 Å². The molecule has 0 aliphatic rings. The highest BCUT2D eigenvalue weighted by Gasteiger charge is 2.02. The van der Waals surface area contributed by atoms with Gasteiger partial charge in [0.2, 0.25) is 5.91 Å². The van der Waals surface area contributed by atoms with Crippen molar-refractivity contribution in [2.45, 2.75) is 12.8 Å². The predicted molar refractivity (Wildman–Crippen MR) is 73.5 cm³/mol. The van der Waals surface area contributed by atoms with Crippen LogP contribution >= 0.6 is 0 Å². The number of benzene rings is 1. The Labute approximate surface area is 106 Å². The topological polar surface area (TPSA) is 54.0 Å². The Balaban J connectivity index is 2.01. The maximum absolute atomic E-state index is 11.7. The fourth-order valence-electron chi connectivity index (χ4n) is 1.80. The zero-order chi connectivity index (χ0) is 12.8. The van der Waals surface area contributed by atoms with Crippen molar-refractivity contribution >= 4 is 22.5 Å². The highest BCUT2D eigenvalue weighted by molar-refractivity contribution is 5.93. The molecule has 4 nitrogen and oxygen atoms in total. The number of fused-ring (bicyclic) bond motifs is 1. The molecule has 4 heteroatoms. The zero-order valence-electron chi connectivity index (χ0n) is 10.4. The highest BCUT2D eigenvalue weighted by atomic mass is 16.1. The van der Waals surface area contributed by atoms with Crippen LogP contribution in [0, 0.1) is 0 Å². The maximum Gasteiger partial charge on any atom is 0.224 e. The van der Waals surface area contributed by atoms with Gasteiger partial charge in [-0.05, 0) is 44.3 Å². The maximum atomic E-state index is 11.7. The van der Waals surface area contributed by atoms with E-state index in [2.05, 4.69) is 15.6 Å². The first kappa shape index (κ1) is 12.5. The van der Waals surface area contributed by atoms with Gasteiger partial charge in [-0.3, -0.25) is 9.78 Å². The molecular formula is C14H17N3O. The van der Waals surface area contributed by atoms with Crippen LogP contribution in [-0.4, -0.2) is 24.5 Å². The van der Waals surface area contributed by atoms with E-state index in [4.69, 9.17) is 0 Å². The minimum absolute atomic E-state index is 0.0495. The van der Waals surface area contributed by atoms with Gasteiger partial charge in [0.25, 0.3) is 0 Å². The third-order valence-electron chi connectivity index (χ3n) is 2.72. The molecule has 2 rings (SSSR count). The molecule has 2 N–H and O–H groups in total. The van der Waals surface area contributed by atoms with Crippen molar-refractivity contribution < 1.29 is 4.79 Å². The monoisotopic (exact) mass is 243 g/mol. The molecule has 1 aromatic heterocycles. The number of rotatable bonds is 5. The van der Waals surface area contributed by atoms with Crippen molar-refractivity contribution in [3.63, 3.8) is 0 Å². The molecule has 1 amide bonds. The summed E-state index contributed by atoms with van der Waals surface area (Å²) in [6.07, 6.45) is 3.14. The van der Waals surface area contributed by atoms with Gasteiger partial charge in [-0.2, -0.15) is 0 Å². The number of amides is 1. The van der Waals surface area contributed by atoms with E-state index in [0.717, 1.165) is 29.6 Å². The molecule has 94 valence electrons. The van der Waals surface area contributed by atoms with E-state index in [-0.39, 0.29) is 5.91 Å². The van der Waals surface area contributed by atoms with Crippen molar-refractivity contribution in [2.75, 3.05) is 18.9 Å². The van der Waals surface area contributed by atoms with E-state index < -0.39 is 0 Å². The average molecular weight is 243 g/mol. The molecule has 0 unspecified atom stereocenters. The lowest BCUT2D eigenvalue weighted by Gasteiger charge is -2.06. The number of pyridine rings is 1. The van der Waals surface area contributed by atoms with E-state index >= 15 is 0 Å². The quantitative estimate of drug-likeness (QED) is 0.791. The standard InChI is InChI=1S/C14H17N3O/c1-15-8-3-5-14(18)17-12-6-7-13-11(10-12)4-2-9-16-13/h2,4,6-7,9-10,15H,3,5,8H2,1H3,(H,17,18). The number of nitrogens with one attached hydrogen (secondary N) is 2. The summed E-state index contributed by atoms with van der Waals surface area (Å²) < 4.78 is 0. The van der Waals surface area contributed by atoms with Crippen LogP contribution in [0.1, 0.15) is 12.8 Å². The molecule has 0 atom stereocenters. The third kappa shape index (κ3) is 3.28. The van der Waals surface area contributed by atoms with Crippen LogP contribution in [0.25, 0.3) is 10.9 Å². The average Bonchev–Trinajstić information content (AvgIpc) is 2.39. The number of carbonyl (C=O) groups excluding carboxylic acids is 1. The van der Waals surface area contributed by atoms with Crippen LogP contribution in [0.5, 0.6) is 0 Å². The molecule has 0 aliphatic heterocycles. The molecule has 18 heavy (non-hydrogen) atoms. The molecular weight excluding hydrogens is 226 g/mol. The van der Waals surface area contributed by atoms with Gasteiger partial charge in [0.05, 0.1) is 5.52 Å². The minimum Gasteiger partial charge on any atom is -0.326 e. The Morgan fingerprint density at radius 1 is 1.33 bits per heavy atom. The Morgan fingerprint density at radius 3 is 3.06 bits per heavy atom. The summed E-state index contributed by atoms with van der Waals surface area (Å²) in [4.78, 5) is 15.9. The molecule has 1 aromatic carbocycles. The molecule has 1 heterocycles. The summed E-state index contributed by atoms with van der Waals surface area (Å²) in [5, 5.41) is 6.95. The molecule has 0 saturated heterocycles. The number of aromatic nitrogens is 1. The minimum atomic E-state index is 0.0495. The number of hydrogen-bond donors (Lipinski definition) is 2. The van der Waals surface area contributed by atoms with Gasteiger partial charge in [0.1, 0.15) is 0 Å². The van der Waals surface area contributed by atoms with Gasteiger partial charge in [-0.25, -0.2) is 0 Å². The number of carbonyl (C=O) groups is 1. The molecule has 0 spiro atoms. The molecule has 0 radical (unpaired) electrons. The second kappa shape index (κ2) is 6.12. The smallest absolute Gasteiger partial charge is 0.224 e. The lowest BCUT2D eigenvalue weighted by molar-refractivity contribution is -0.116. The van der Waals surface area contributed by atoms with Crippen molar-refractivity contribution in [3.8, 4) is 0 Å². The summed E-state index contributed by atoms with van der Waals surface area (Å²) >= 11 is 0. The van der Waals surface area contributed by atoms with Crippen LogP contribution in [0.3, 0.4) is 0 Å². The Hall–Kier alpha value is -1.94. The predicted octanol–water partition coefficient (Wildman–Crippen LogP) is 2.17. The third-order valence-corrected chi connectivity index (χ3v) is 2.72. The summed E-state index contributed by atoms with van der Waals surface area (Å²) in [6.45, 7) is 0.856. The van der Waals surface area contributed by atoms with Crippen LogP contribution in [0.4, 0.5) is 5.69 Å². The van der Waals surface area contributed by atoms with Gasteiger partial charge in [-0.15, -0.1) is 0 Å². The van der Waals surface area contributed by atoms with Gasteiger partial charge < -0.3 is 10.6 Å². The number of hydrogen-bond acceptors (Lipinski definition) is 3. The first-order valence-corrected chi connectivity index (χ1v) is 6.09. The van der Waals surface area contributed by atoms with Crippen LogP contribution < -0.4 is 10.6 Å². The number of nitrogens with zero attached hydrogens (tertiary/aromatic N) is 1. The summed E-state index contributed by atoms with van der Waals surface area (Å²) in [7, 11) is 1.88. The van der Waals surface area contributed by atoms with E-state index in [9.17, 15) is 4.79 Å². The Kier molecular flexibility index (Phi) is 4.25. The van der Waals surface area contributed by atoms with Gasteiger partial charge in [0.15, 0.2) is 0 Å². The summed E-state index contributed by atoms with van der Waals surface area (Å²) in [5.74, 6) is 0.0495. The van der Waals surface area contributed by atoms with Gasteiger partial charge in [0, 0.05) is 23.7 Å². The second-order valence-corrected chi connectivity index (χ2v) is 4.17. The van der Waals surface area contributed by atoms with Gasteiger partial charge >= 0.3 is 0 Å². The highest BCUT2D eigenvalue weighted by Crippen LogP contribution is 2.17. The fraction of sp³-hybridized carbons (Fsp3) is 0.286. The van der Waals surface area contributed by atoms with Crippen molar-refractivity contribution in [3.05, 3.63) is 36.5 Å². The first-order valence-electron chi connectivity index (χ1n) is 6.09. The molecule has 2 aromatic rings. The zero-order valence-corrected chi connectivity index (χ0v) is 10.4. The largest absolute Gasteiger partial charge is 0.326 e. The SMILES string of the molecule is CNCCCC(=O)Nc1ccc2ncccc2c1. The van der Waals surface area contributed by atoms with Gasteiger partial charge in [-0.1, -0.05) is 6.07 Å². The molecule has 0 saturated carbocycles. The fourth-order valence-corrected chi connectivity index (χ4v) is 1.80. The Bertz CT molecular complexity index is 539. The van der Waals surface area contributed by atoms with E-state index in [1.807, 2.05) is 37.4 Å². The van der Waals surface area contributed by atoms with Crippen LogP contribution in [0.15, 0.2) is 36.5 Å². The normalized spacial score (nSPS) is 10.5. The lowest BCUT2D eigenvalue weighted by Crippen LogP contribution is -2.15. The second-order valence-electron chi connectivity index (χ2n) is 4.17. The molecule has 0 bridgehead atoms. The summed E-state index contributed by atoms with van der Waals surface area (Å²) in [6, 6.07) is 9.61. The Morgan fingerprint density at radius 2 is 2.22 bits per heavy atom. The van der Waals surface area contributed by atoms with Crippen LogP contribution in [0.2, 0.25) is 0 Å². The lowest BCUT2D eigenvalue weighted by atomic mass is 10.2. The molecule has 0 aliphatic carbocycles. The van der Waals surface area contributed by atoms with Crippen LogP contribution in [-0.2, 0) is 4.79 Å². The van der Waals surface area contributed by atoms with E-state index in [1.165, 1.54) is 0 Å².